The average Bonchev–Trinajstić information content (AvgIpc) is 2.38. The Labute approximate surface area is 125 Å². The van der Waals surface area contributed by atoms with E-state index >= 15 is 0 Å². The topological polar surface area (TPSA) is 142 Å². The third-order valence-electron chi connectivity index (χ3n) is 3.25. The van der Waals surface area contributed by atoms with Gasteiger partial charge in [-0.1, -0.05) is 0 Å². The van der Waals surface area contributed by atoms with E-state index in [1.165, 1.54) is 0 Å². The number of benzene rings is 2. The van der Waals surface area contributed by atoms with Gasteiger partial charge in [-0.05, 0) is 0 Å². The van der Waals surface area contributed by atoms with Gasteiger partial charge in [0.25, 0.3) is 0 Å². The second-order valence-electron chi connectivity index (χ2n) is 4.99. The maximum atomic E-state index is 10.0. The minimum atomic E-state index is -1.14. The van der Waals surface area contributed by atoms with E-state index in [9.17, 15) is 35.7 Å². The van der Waals surface area contributed by atoms with Crippen molar-refractivity contribution in [2.75, 3.05) is 0 Å². The third kappa shape index (κ3) is 3.26. The fourth-order valence-electron chi connectivity index (χ4n) is 2.22. The molecule has 0 aromatic heterocycles. The highest BCUT2D eigenvalue weighted by Crippen LogP contribution is 2.35. The lowest BCUT2D eigenvalue weighted by atomic mass is 9.98. The van der Waals surface area contributed by atoms with Crippen molar-refractivity contribution in [3.63, 3.8) is 0 Å². The standard InChI is InChI=1S/C15H16O7/c16-7(1-10-12(19)3-8(17)4-13(10)20)2-11-14(21)5-9(18)6-15(11)22/h3-7,16-22H,1-2H2. The number of hydrogen-bond acceptors (Lipinski definition) is 7. The lowest BCUT2D eigenvalue weighted by Gasteiger charge is -2.15. The van der Waals surface area contributed by atoms with Crippen LogP contribution in [-0.2, 0) is 12.8 Å². The number of hydrogen-bond donors (Lipinski definition) is 7. The van der Waals surface area contributed by atoms with Gasteiger partial charge in [0.15, 0.2) is 0 Å². The number of phenolic OH excluding ortho intramolecular Hbond substituents is 6. The van der Waals surface area contributed by atoms with Crippen molar-refractivity contribution in [2.45, 2.75) is 18.9 Å². The Hall–Kier alpha value is -2.80. The monoisotopic (exact) mass is 308 g/mol. The molecular weight excluding hydrogens is 292 g/mol. The number of aromatic hydroxyl groups is 6. The van der Waals surface area contributed by atoms with E-state index in [0.29, 0.717) is 0 Å². The number of rotatable bonds is 4. The molecule has 0 atom stereocenters. The summed E-state index contributed by atoms with van der Waals surface area (Å²) in [6.07, 6.45) is -1.47. The van der Waals surface area contributed by atoms with Crippen LogP contribution in [0.2, 0.25) is 0 Å². The zero-order valence-corrected chi connectivity index (χ0v) is 11.4. The second-order valence-corrected chi connectivity index (χ2v) is 4.99. The van der Waals surface area contributed by atoms with Crippen LogP contribution in [0.3, 0.4) is 0 Å². The molecule has 7 heteroatoms. The van der Waals surface area contributed by atoms with Gasteiger partial charge in [-0.25, -0.2) is 0 Å². The van der Waals surface area contributed by atoms with Crippen LogP contribution in [0.4, 0.5) is 0 Å². The summed E-state index contributed by atoms with van der Waals surface area (Å²) in [5, 5.41) is 67.1. The quantitative estimate of drug-likeness (QED) is 0.448. The summed E-state index contributed by atoms with van der Waals surface area (Å²) in [5.74, 6) is -2.15. The zero-order valence-electron chi connectivity index (χ0n) is 11.4. The molecule has 22 heavy (non-hydrogen) atoms. The molecule has 7 N–H and O–H groups in total. The summed E-state index contributed by atoms with van der Waals surface area (Å²) >= 11 is 0. The normalized spacial score (nSPS) is 11.0. The number of aliphatic hydroxyl groups excluding tert-OH is 1. The summed E-state index contributed by atoms with van der Waals surface area (Å²) in [7, 11) is 0. The van der Waals surface area contributed by atoms with Crippen LogP contribution in [0.25, 0.3) is 0 Å². The van der Waals surface area contributed by atoms with Crippen LogP contribution in [0.5, 0.6) is 34.5 Å². The first-order valence-electron chi connectivity index (χ1n) is 6.43. The SMILES string of the molecule is Oc1cc(O)c(CC(O)Cc2c(O)cc(O)cc2O)c(O)c1. The highest BCUT2D eigenvalue weighted by Gasteiger charge is 2.18. The molecule has 0 radical (unpaired) electrons. The van der Waals surface area contributed by atoms with Gasteiger partial charge in [0.2, 0.25) is 0 Å². The molecule has 2 aromatic rings. The average molecular weight is 308 g/mol. The van der Waals surface area contributed by atoms with E-state index in [-0.39, 0.29) is 58.5 Å². The molecule has 0 aliphatic carbocycles. The highest BCUT2D eigenvalue weighted by atomic mass is 16.3. The van der Waals surface area contributed by atoms with Gasteiger partial charge in [0.05, 0.1) is 6.10 Å². The summed E-state index contributed by atoms with van der Waals surface area (Å²) in [4.78, 5) is 0. The Balaban J connectivity index is 2.19. The van der Waals surface area contributed by atoms with Crippen molar-refractivity contribution in [3.05, 3.63) is 35.4 Å². The second kappa shape index (κ2) is 5.90. The number of phenols is 6. The molecule has 118 valence electrons. The van der Waals surface area contributed by atoms with Crippen molar-refractivity contribution in [1.29, 1.82) is 0 Å². The van der Waals surface area contributed by atoms with Crippen molar-refractivity contribution in [2.24, 2.45) is 0 Å². The molecule has 0 aliphatic heterocycles. The molecule has 0 aliphatic rings. The molecule has 2 rings (SSSR count). The number of aliphatic hydroxyl groups is 1. The molecule has 0 bridgehead atoms. The summed E-state index contributed by atoms with van der Waals surface area (Å²) in [5.41, 5.74) is 0.0612. The Bertz CT molecular complexity index is 591. The fraction of sp³-hybridized carbons (Fsp3) is 0.200. The van der Waals surface area contributed by atoms with Crippen molar-refractivity contribution >= 4 is 0 Å². The molecule has 0 heterocycles. The minimum Gasteiger partial charge on any atom is -0.508 e. The predicted octanol–water partition coefficient (Wildman–Crippen LogP) is 1.07. The van der Waals surface area contributed by atoms with Gasteiger partial charge in [-0.15, -0.1) is 0 Å². The molecule has 7 nitrogen and oxygen atoms in total. The Morgan fingerprint density at radius 1 is 0.591 bits per heavy atom. The van der Waals surface area contributed by atoms with Gasteiger partial charge in [0.1, 0.15) is 34.5 Å². The summed E-state index contributed by atoms with van der Waals surface area (Å²) in [6, 6.07) is 4.10. The molecule has 0 fully saturated rings. The van der Waals surface area contributed by atoms with Crippen molar-refractivity contribution < 1.29 is 35.7 Å². The van der Waals surface area contributed by atoms with Gasteiger partial charge in [-0.2, -0.15) is 0 Å². The predicted molar refractivity (Wildman–Crippen MR) is 76.3 cm³/mol. The molecular formula is C15H16O7. The van der Waals surface area contributed by atoms with Crippen LogP contribution in [0, 0.1) is 0 Å². The molecule has 0 unspecified atom stereocenters. The van der Waals surface area contributed by atoms with Crippen LogP contribution in [0.15, 0.2) is 24.3 Å². The van der Waals surface area contributed by atoms with Crippen LogP contribution in [-0.4, -0.2) is 41.8 Å². The largest absolute Gasteiger partial charge is 0.508 e. The summed E-state index contributed by atoms with van der Waals surface area (Å²) < 4.78 is 0. The first kappa shape index (κ1) is 15.6. The van der Waals surface area contributed by atoms with E-state index in [1.807, 2.05) is 0 Å². The van der Waals surface area contributed by atoms with E-state index < -0.39 is 6.10 Å². The van der Waals surface area contributed by atoms with E-state index in [4.69, 9.17) is 0 Å². The van der Waals surface area contributed by atoms with Gasteiger partial charge in [-0.3, -0.25) is 0 Å². The highest BCUT2D eigenvalue weighted by molar-refractivity contribution is 5.50. The summed E-state index contributed by atoms with van der Waals surface area (Å²) in [6.45, 7) is 0. The fourth-order valence-corrected chi connectivity index (χ4v) is 2.22. The molecule has 0 saturated carbocycles. The molecule has 2 aromatic carbocycles. The Morgan fingerprint density at radius 3 is 1.14 bits per heavy atom. The lowest BCUT2D eigenvalue weighted by Crippen LogP contribution is -2.14. The first-order valence-corrected chi connectivity index (χ1v) is 6.43. The first-order chi connectivity index (χ1) is 10.3. The van der Waals surface area contributed by atoms with E-state index in [1.54, 1.807) is 0 Å². The van der Waals surface area contributed by atoms with Crippen LogP contribution < -0.4 is 0 Å². The Morgan fingerprint density at radius 2 is 0.864 bits per heavy atom. The van der Waals surface area contributed by atoms with Crippen LogP contribution >= 0.6 is 0 Å². The van der Waals surface area contributed by atoms with Gasteiger partial charge >= 0.3 is 0 Å². The van der Waals surface area contributed by atoms with E-state index in [0.717, 1.165) is 24.3 Å². The molecule has 0 saturated heterocycles. The maximum absolute atomic E-state index is 10.0. The molecule has 0 spiro atoms. The van der Waals surface area contributed by atoms with Gasteiger partial charge < -0.3 is 35.7 Å². The zero-order chi connectivity index (χ0) is 16.4. The van der Waals surface area contributed by atoms with Crippen molar-refractivity contribution in [3.8, 4) is 34.5 Å². The van der Waals surface area contributed by atoms with Crippen LogP contribution in [0.1, 0.15) is 11.1 Å². The smallest absolute Gasteiger partial charge is 0.126 e. The van der Waals surface area contributed by atoms with Gasteiger partial charge in [0, 0.05) is 48.2 Å². The maximum Gasteiger partial charge on any atom is 0.126 e. The Kier molecular flexibility index (Phi) is 4.18. The van der Waals surface area contributed by atoms with Crippen molar-refractivity contribution in [1.82, 2.24) is 0 Å². The van der Waals surface area contributed by atoms with E-state index in [2.05, 4.69) is 0 Å². The molecule has 0 amide bonds. The lowest BCUT2D eigenvalue weighted by molar-refractivity contribution is 0.171. The minimum absolute atomic E-state index is 0.0306. The third-order valence-corrected chi connectivity index (χ3v) is 3.25.